The van der Waals surface area contributed by atoms with E-state index in [0.717, 1.165) is 25.7 Å². The molecular weight excluding hydrogens is 245 g/mol. The maximum absolute atomic E-state index is 13.6. The first kappa shape index (κ1) is 12.4. The van der Waals surface area contributed by atoms with Crippen LogP contribution >= 0.6 is 0 Å². The van der Waals surface area contributed by atoms with Crippen molar-refractivity contribution in [3.63, 3.8) is 0 Å². The van der Waals surface area contributed by atoms with Crippen LogP contribution in [0.5, 0.6) is 0 Å². The minimum atomic E-state index is -0.440. The number of nitrogens with two attached hydrogens (primary N) is 1. The Morgan fingerprint density at radius 1 is 1.32 bits per heavy atom. The molecule has 4 heteroatoms. The number of rotatable bonds is 2. The van der Waals surface area contributed by atoms with Gasteiger partial charge >= 0.3 is 0 Å². The summed E-state index contributed by atoms with van der Waals surface area (Å²) in [5.41, 5.74) is 6.15. The van der Waals surface area contributed by atoms with Gasteiger partial charge in [0, 0.05) is 17.3 Å². The van der Waals surface area contributed by atoms with E-state index in [1.165, 1.54) is 6.07 Å². The van der Waals surface area contributed by atoms with Crippen LogP contribution in [0, 0.1) is 11.7 Å². The molecular formula is C15H16FNO2. The van der Waals surface area contributed by atoms with Gasteiger partial charge in [0.25, 0.3) is 0 Å². The Balaban J connectivity index is 1.95. The molecule has 2 aromatic rings. The zero-order chi connectivity index (χ0) is 13.4. The molecule has 1 saturated carbocycles. The van der Waals surface area contributed by atoms with Gasteiger partial charge in [-0.2, -0.15) is 0 Å². The number of para-hydroxylation sites is 1. The fourth-order valence-electron chi connectivity index (χ4n) is 2.82. The zero-order valence-electron chi connectivity index (χ0n) is 10.6. The first-order valence-electron chi connectivity index (χ1n) is 6.64. The van der Waals surface area contributed by atoms with Crippen LogP contribution in [0.2, 0.25) is 0 Å². The standard InChI is InChI=1S/C15H16FNO2/c16-11-6-3-4-9-8-13(19-15(9)11)14(18)10-5-1-2-7-12(10)17/h3-4,6,8,10,12H,1-2,5,7,17H2. The lowest BCUT2D eigenvalue weighted by atomic mass is 9.81. The number of fused-ring (bicyclic) bond motifs is 1. The summed E-state index contributed by atoms with van der Waals surface area (Å²) in [6, 6.07) is 6.17. The Morgan fingerprint density at radius 2 is 2.11 bits per heavy atom. The van der Waals surface area contributed by atoms with Gasteiger partial charge in [-0.3, -0.25) is 4.79 Å². The minimum absolute atomic E-state index is 0.0946. The molecule has 0 saturated heterocycles. The molecule has 1 aromatic heterocycles. The van der Waals surface area contributed by atoms with Crippen molar-refractivity contribution < 1.29 is 13.6 Å². The van der Waals surface area contributed by atoms with Crippen molar-refractivity contribution in [2.24, 2.45) is 11.7 Å². The molecule has 100 valence electrons. The predicted molar refractivity (Wildman–Crippen MR) is 70.4 cm³/mol. The summed E-state index contributed by atoms with van der Waals surface area (Å²) in [5, 5.41) is 0.618. The number of carbonyl (C=O) groups is 1. The van der Waals surface area contributed by atoms with E-state index in [0.29, 0.717) is 5.39 Å². The Bertz CT molecular complexity index is 620. The molecule has 3 rings (SSSR count). The van der Waals surface area contributed by atoms with Gasteiger partial charge in [-0.15, -0.1) is 0 Å². The van der Waals surface area contributed by atoms with E-state index in [9.17, 15) is 9.18 Å². The van der Waals surface area contributed by atoms with Crippen molar-refractivity contribution in [2.45, 2.75) is 31.7 Å². The second-order valence-electron chi connectivity index (χ2n) is 5.19. The number of ketones is 1. The predicted octanol–water partition coefficient (Wildman–Crippen LogP) is 3.27. The molecule has 0 spiro atoms. The number of hydrogen-bond acceptors (Lipinski definition) is 3. The molecule has 0 radical (unpaired) electrons. The van der Waals surface area contributed by atoms with E-state index in [1.54, 1.807) is 18.2 Å². The van der Waals surface area contributed by atoms with Gasteiger partial charge in [0.2, 0.25) is 5.78 Å². The molecule has 2 N–H and O–H groups in total. The number of Topliss-reactive ketones (excluding diaryl/α,β-unsaturated/α-hetero) is 1. The van der Waals surface area contributed by atoms with Gasteiger partial charge in [0.05, 0.1) is 0 Å². The van der Waals surface area contributed by atoms with Crippen molar-refractivity contribution in [2.75, 3.05) is 0 Å². The molecule has 2 unspecified atom stereocenters. The highest BCUT2D eigenvalue weighted by Gasteiger charge is 2.31. The summed E-state index contributed by atoms with van der Waals surface area (Å²) in [6.07, 6.45) is 3.74. The smallest absolute Gasteiger partial charge is 0.202 e. The van der Waals surface area contributed by atoms with Crippen molar-refractivity contribution >= 4 is 16.8 Å². The summed E-state index contributed by atoms with van der Waals surface area (Å²) < 4.78 is 18.9. The molecule has 1 heterocycles. The van der Waals surface area contributed by atoms with Crippen LogP contribution in [0.15, 0.2) is 28.7 Å². The average Bonchev–Trinajstić information content (AvgIpc) is 2.84. The normalized spacial score (nSPS) is 23.7. The first-order valence-corrected chi connectivity index (χ1v) is 6.64. The third kappa shape index (κ3) is 2.16. The van der Waals surface area contributed by atoms with Crippen molar-refractivity contribution in [3.8, 4) is 0 Å². The first-order chi connectivity index (χ1) is 9.16. The van der Waals surface area contributed by atoms with Crippen molar-refractivity contribution in [3.05, 3.63) is 35.8 Å². The van der Waals surface area contributed by atoms with Crippen LogP contribution in [0.1, 0.15) is 36.2 Å². The molecule has 1 aromatic carbocycles. The molecule has 0 bridgehead atoms. The number of hydrogen-bond donors (Lipinski definition) is 1. The second-order valence-corrected chi connectivity index (χ2v) is 5.19. The highest BCUT2D eigenvalue weighted by Crippen LogP contribution is 2.29. The highest BCUT2D eigenvalue weighted by molar-refractivity contribution is 5.99. The molecule has 1 aliphatic rings. The lowest BCUT2D eigenvalue weighted by molar-refractivity contribution is 0.0844. The van der Waals surface area contributed by atoms with Crippen molar-refractivity contribution in [1.29, 1.82) is 0 Å². The summed E-state index contributed by atoms with van der Waals surface area (Å²) in [6.45, 7) is 0. The molecule has 1 aliphatic carbocycles. The largest absolute Gasteiger partial charge is 0.450 e. The lowest BCUT2D eigenvalue weighted by Crippen LogP contribution is -2.37. The van der Waals surface area contributed by atoms with Gasteiger partial charge in [-0.05, 0) is 25.0 Å². The maximum Gasteiger partial charge on any atom is 0.202 e. The Labute approximate surface area is 110 Å². The Morgan fingerprint density at radius 3 is 2.84 bits per heavy atom. The summed E-state index contributed by atoms with van der Waals surface area (Å²) >= 11 is 0. The molecule has 1 fully saturated rings. The topological polar surface area (TPSA) is 56.2 Å². The zero-order valence-corrected chi connectivity index (χ0v) is 10.6. The molecule has 19 heavy (non-hydrogen) atoms. The molecule has 3 nitrogen and oxygen atoms in total. The van der Waals surface area contributed by atoms with Gasteiger partial charge in [-0.1, -0.05) is 25.0 Å². The minimum Gasteiger partial charge on any atom is -0.450 e. The van der Waals surface area contributed by atoms with Crippen LogP contribution in [0.25, 0.3) is 11.0 Å². The Hall–Kier alpha value is -1.68. The van der Waals surface area contributed by atoms with Crippen LogP contribution < -0.4 is 5.73 Å². The quantitative estimate of drug-likeness (QED) is 0.844. The lowest BCUT2D eigenvalue weighted by Gasteiger charge is -2.26. The van der Waals surface area contributed by atoms with E-state index in [-0.39, 0.29) is 29.1 Å². The van der Waals surface area contributed by atoms with Crippen molar-refractivity contribution in [1.82, 2.24) is 0 Å². The average molecular weight is 261 g/mol. The van der Waals surface area contributed by atoms with Gasteiger partial charge in [0.15, 0.2) is 17.2 Å². The van der Waals surface area contributed by atoms with Gasteiger partial charge in [0.1, 0.15) is 0 Å². The van der Waals surface area contributed by atoms with E-state index in [1.807, 2.05) is 0 Å². The van der Waals surface area contributed by atoms with Crippen LogP contribution in [0.4, 0.5) is 4.39 Å². The third-order valence-electron chi connectivity index (χ3n) is 3.90. The van der Waals surface area contributed by atoms with E-state index >= 15 is 0 Å². The summed E-state index contributed by atoms with van der Waals surface area (Å²) in [7, 11) is 0. The van der Waals surface area contributed by atoms with Gasteiger partial charge < -0.3 is 10.2 Å². The fourth-order valence-corrected chi connectivity index (χ4v) is 2.82. The van der Waals surface area contributed by atoms with E-state index in [2.05, 4.69) is 0 Å². The Kier molecular flexibility index (Phi) is 3.11. The SMILES string of the molecule is NC1CCCCC1C(=O)c1cc2cccc(F)c2o1. The van der Waals surface area contributed by atoms with Gasteiger partial charge in [-0.25, -0.2) is 4.39 Å². The molecule has 2 atom stereocenters. The molecule has 0 aliphatic heterocycles. The fraction of sp³-hybridized carbons (Fsp3) is 0.400. The van der Waals surface area contributed by atoms with E-state index < -0.39 is 5.82 Å². The number of furan rings is 1. The van der Waals surface area contributed by atoms with Crippen LogP contribution in [-0.2, 0) is 0 Å². The monoisotopic (exact) mass is 261 g/mol. The molecule has 0 amide bonds. The number of halogens is 1. The van der Waals surface area contributed by atoms with Crippen LogP contribution in [0.3, 0.4) is 0 Å². The second kappa shape index (κ2) is 4.78. The third-order valence-corrected chi connectivity index (χ3v) is 3.90. The number of carbonyl (C=O) groups excluding carboxylic acids is 1. The maximum atomic E-state index is 13.6. The summed E-state index contributed by atoms with van der Waals surface area (Å²) in [4.78, 5) is 12.4. The number of benzene rings is 1. The highest BCUT2D eigenvalue weighted by atomic mass is 19.1. The summed E-state index contributed by atoms with van der Waals surface area (Å²) in [5.74, 6) is -0.507. The van der Waals surface area contributed by atoms with Crippen LogP contribution in [-0.4, -0.2) is 11.8 Å². The van der Waals surface area contributed by atoms with E-state index in [4.69, 9.17) is 10.2 Å².